The fraction of sp³-hybridized carbons (Fsp3) is 0.641. The summed E-state index contributed by atoms with van der Waals surface area (Å²) in [6.07, 6.45) is 10.2. The minimum absolute atomic E-state index is 0.00743. The van der Waals surface area contributed by atoms with E-state index < -0.39 is 90.2 Å². The Bertz CT molecular complexity index is 1640. The third kappa shape index (κ3) is 8.08. The fourth-order valence-electron chi connectivity index (χ4n) is 8.72. The summed E-state index contributed by atoms with van der Waals surface area (Å²) in [6, 6.07) is 6.99. The summed E-state index contributed by atoms with van der Waals surface area (Å²) in [7, 11) is -4.89. The van der Waals surface area contributed by atoms with E-state index in [0.717, 1.165) is 94.8 Å². The molecule has 1 atom stereocenters. The van der Waals surface area contributed by atoms with Gasteiger partial charge in [0.25, 0.3) is 8.32 Å². The lowest BCUT2D eigenvalue weighted by molar-refractivity contribution is 0.316. The minimum Gasteiger partial charge on any atom is -0.539 e. The van der Waals surface area contributed by atoms with Crippen LogP contribution in [0.3, 0.4) is 0 Å². The third-order valence-electron chi connectivity index (χ3n) is 11.9. The van der Waals surface area contributed by atoms with Crippen LogP contribution in [0.1, 0.15) is 112 Å². The first kappa shape index (κ1) is 40.6. The maximum atomic E-state index is 16.7. The highest BCUT2D eigenvalue weighted by molar-refractivity contribution is 6.80. The van der Waals surface area contributed by atoms with Gasteiger partial charge in [0.2, 0.25) is 5.82 Å². The van der Waals surface area contributed by atoms with Crippen molar-refractivity contribution in [1.82, 2.24) is 0 Å². The van der Waals surface area contributed by atoms with E-state index in [4.69, 9.17) is 4.43 Å². The molecular weight excluding hydrogens is 693 g/mol. The van der Waals surface area contributed by atoms with Crippen molar-refractivity contribution >= 4 is 37.9 Å². The van der Waals surface area contributed by atoms with Crippen LogP contribution in [-0.2, 0) is 0 Å². The van der Waals surface area contributed by atoms with Crippen LogP contribution in [0, 0.1) is 58.0 Å². The Kier molecular flexibility index (Phi) is 13.6. The van der Waals surface area contributed by atoms with Crippen LogP contribution < -0.4 is 4.43 Å². The van der Waals surface area contributed by atoms with E-state index in [2.05, 4.69) is 41.5 Å². The van der Waals surface area contributed by atoms with Crippen LogP contribution in [0.15, 0.2) is 0 Å². The number of halogens is 8. The summed E-state index contributed by atoms with van der Waals surface area (Å²) in [4.78, 5) is 0. The first-order valence-electron chi connectivity index (χ1n) is 18.7. The molecule has 1 nitrogen and oxygen atoms in total. The van der Waals surface area contributed by atoms with Gasteiger partial charge in [-0.25, -0.2) is 30.7 Å². The molecule has 1 aliphatic rings. The number of hydrogen-bond acceptors (Lipinski definition) is 1. The largest absolute Gasteiger partial charge is 0.539 e. The molecule has 3 aromatic rings. The van der Waals surface area contributed by atoms with Crippen molar-refractivity contribution < 1.29 is 39.5 Å². The van der Waals surface area contributed by atoms with Crippen LogP contribution in [0.5, 0.6) is 5.75 Å². The minimum atomic E-state index is -3.29. The molecular formula is C39H53F8OSi2. The molecule has 1 fully saturated rings. The van der Waals surface area contributed by atoms with Gasteiger partial charge in [-0.05, 0) is 42.3 Å². The lowest BCUT2D eigenvalue weighted by Gasteiger charge is -2.45. The molecule has 0 amide bonds. The van der Waals surface area contributed by atoms with Crippen molar-refractivity contribution in [3.63, 3.8) is 0 Å². The second-order valence-electron chi connectivity index (χ2n) is 15.5. The summed E-state index contributed by atoms with van der Waals surface area (Å²) in [5, 5.41) is -5.59. The molecule has 0 spiro atoms. The highest BCUT2D eigenvalue weighted by Crippen LogP contribution is 2.50. The molecule has 1 unspecified atom stereocenters. The summed E-state index contributed by atoms with van der Waals surface area (Å²) in [6.45, 7) is 13.1. The van der Waals surface area contributed by atoms with Crippen LogP contribution in [0.4, 0.5) is 35.1 Å². The van der Waals surface area contributed by atoms with Gasteiger partial charge in [-0.3, -0.25) is 0 Å². The van der Waals surface area contributed by atoms with Gasteiger partial charge in [0, 0.05) is 11.5 Å². The van der Waals surface area contributed by atoms with E-state index in [0.29, 0.717) is 12.1 Å². The van der Waals surface area contributed by atoms with Crippen LogP contribution in [0.2, 0.25) is 41.8 Å². The highest BCUT2D eigenvalue weighted by atomic mass is 28.4. The van der Waals surface area contributed by atoms with Gasteiger partial charge in [-0.15, -0.1) is 0 Å². The molecule has 50 heavy (non-hydrogen) atoms. The predicted octanol–water partition coefficient (Wildman–Crippen LogP) is 14.5. The molecule has 4 rings (SSSR count). The Labute approximate surface area is 294 Å². The van der Waals surface area contributed by atoms with Crippen molar-refractivity contribution in [1.29, 1.82) is 0 Å². The van der Waals surface area contributed by atoms with E-state index in [1.807, 2.05) is 0 Å². The maximum absolute atomic E-state index is 16.7. The average Bonchev–Trinajstić information content (AvgIpc) is 3.10. The quantitative estimate of drug-likeness (QED) is 0.0334. The van der Waals surface area contributed by atoms with E-state index in [1.54, 1.807) is 0 Å². The Morgan fingerprint density at radius 2 is 1.24 bits per heavy atom. The molecule has 1 radical (unpaired) electrons. The topological polar surface area (TPSA) is 9.23 Å². The molecule has 279 valence electrons. The van der Waals surface area contributed by atoms with Crippen molar-refractivity contribution in [2.45, 2.75) is 154 Å². The number of fused-ring (bicyclic) bond motifs is 2. The van der Waals surface area contributed by atoms with Gasteiger partial charge in [-0.1, -0.05) is 117 Å². The van der Waals surface area contributed by atoms with Crippen LogP contribution in [0.25, 0.3) is 21.5 Å². The monoisotopic (exact) mass is 745 g/mol. The number of unbranched alkanes of at least 4 members (excludes halogenated alkanes) is 3. The molecule has 0 heterocycles. The van der Waals surface area contributed by atoms with Gasteiger partial charge >= 0.3 is 0 Å². The molecule has 0 saturated heterocycles. The molecule has 0 aliphatic heterocycles. The maximum Gasteiger partial charge on any atom is 0.255 e. The summed E-state index contributed by atoms with van der Waals surface area (Å²) in [5.74, 6) is -16.6. The van der Waals surface area contributed by atoms with Crippen LogP contribution >= 0.6 is 0 Å². The molecule has 0 aromatic heterocycles. The SMILES string of the molecule is CCCCCCC(C)(C)C[Si](CCC[Si](CC)(CC)CC)(Oc1c(F)c(F)c2c(F)c3[c]c(F)c(F)c(F)c3c(F)c2c1F)C1CCCCC1. The zero-order valence-electron chi connectivity index (χ0n) is 30.5. The summed E-state index contributed by atoms with van der Waals surface area (Å²) < 4.78 is 130. The predicted molar refractivity (Wildman–Crippen MR) is 192 cm³/mol. The zero-order chi connectivity index (χ0) is 37.0. The molecule has 11 heteroatoms. The first-order valence-corrected chi connectivity index (χ1v) is 23.9. The van der Waals surface area contributed by atoms with E-state index >= 15 is 22.0 Å². The Morgan fingerprint density at radius 1 is 0.640 bits per heavy atom. The average molecular weight is 746 g/mol. The van der Waals surface area contributed by atoms with Crippen molar-refractivity contribution in [2.75, 3.05) is 0 Å². The van der Waals surface area contributed by atoms with E-state index in [-0.39, 0.29) is 11.0 Å². The molecule has 0 bridgehead atoms. The second-order valence-corrected chi connectivity index (χ2v) is 25.2. The van der Waals surface area contributed by atoms with Gasteiger partial charge in [0.05, 0.1) is 24.2 Å². The Hall–Kier alpha value is -2.15. The van der Waals surface area contributed by atoms with Crippen molar-refractivity contribution in [3.8, 4) is 5.75 Å². The van der Waals surface area contributed by atoms with Crippen molar-refractivity contribution in [3.05, 3.63) is 52.6 Å². The molecule has 1 aliphatic carbocycles. The van der Waals surface area contributed by atoms with Crippen LogP contribution in [-0.4, -0.2) is 16.4 Å². The normalized spacial score (nSPS) is 16.0. The standard InChI is InChI=1S/C39H53F8OSi2/c1-7-11-12-16-20-39(5,6)24-50(25-18-14-13-15-19-25,22-17-21-49(8-2,9-3)10-4)48-38-36(46)30-29(35(45)37(38)47)31(41)26-23-27(40)32(42)34(44)28(26)33(30)43/h25H,7-22,24H2,1-6H3. The van der Waals surface area contributed by atoms with Gasteiger partial charge in [-0.2, -0.15) is 4.39 Å². The molecule has 1 saturated carbocycles. The zero-order valence-corrected chi connectivity index (χ0v) is 32.5. The molecule has 3 aromatic carbocycles. The number of benzene rings is 3. The van der Waals surface area contributed by atoms with Gasteiger partial charge in [0.1, 0.15) is 11.6 Å². The first-order chi connectivity index (χ1) is 23.6. The summed E-state index contributed by atoms with van der Waals surface area (Å²) >= 11 is 0. The van der Waals surface area contributed by atoms with Gasteiger partial charge < -0.3 is 4.43 Å². The lowest BCUT2D eigenvalue weighted by atomic mass is 9.89. The Balaban J connectivity index is 1.95. The number of rotatable bonds is 17. The smallest absolute Gasteiger partial charge is 0.255 e. The fourth-order valence-corrected chi connectivity index (χ4v) is 18.4. The summed E-state index contributed by atoms with van der Waals surface area (Å²) in [5.41, 5.74) is -0.296. The lowest BCUT2D eigenvalue weighted by Crippen LogP contribution is -2.51. The highest BCUT2D eigenvalue weighted by Gasteiger charge is 2.50. The van der Waals surface area contributed by atoms with Gasteiger partial charge in [0.15, 0.2) is 34.8 Å². The Morgan fingerprint density at radius 3 is 1.84 bits per heavy atom. The van der Waals surface area contributed by atoms with Crippen molar-refractivity contribution in [2.24, 2.45) is 5.41 Å². The van der Waals surface area contributed by atoms with E-state index in [1.165, 1.54) is 6.07 Å². The third-order valence-corrected chi connectivity index (χ3v) is 23.3. The van der Waals surface area contributed by atoms with E-state index in [9.17, 15) is 13.2 Å². The molecule has 0 N–H and O–H groups in total. The second kappa shape index (κ2) is 16.7. The number of hydrogen-bond donors (Lipinski definition) is 0.